The molecule has 3 rings (SSSR count). The Morgan fingerprint density at radius 2 is 1.91 bits per heavy atom. The van der Waals surface area contributed by atoms with Crippen molar-refractivity contribution in [1.29, 1.82) is 0 Å². The normalized spacial score (nSPS) is 15.9. The molecule has 116 valence electrons. The summed E-state index contributed by atoms with van der Waals surface area (Å²) in [7, 11) is 0. The lowest BCUT2D eigenvalue weighted by atomic mass is 9.99. The first-order chi connectivity index (χ1) is 10.6. The molecule has 22 heavy (non-hydrogen) atoms. The predicted molar refractivity (Wildman–Crippen MR) is 89.6 cm³/mol. The van der Waals surface area contributed by atoms with Crippen LogP contribution in [0.4, 0.5) is 17.5 Å². The van der Waals surface area contributed by atoms with Crippen LogP contribution in [0.5, 0.6) is 0 Å². The number of nitrogens with one attached hydrogen (secondary N) is 1. The van der Waals surface area contributed by atoms with Crippen LogP contribution in [-0.2, 0) is 0 Å². The number of anilines is 3. The van der Waals surface area contributed by atoms with Crippen molar-refractivity contribution in [3.63, 3.8) is 0 Å². The Kier molecular flexibility index (Phi) is 4.22. The highest BCUT2D eigenvalue weighted by atomic mass is 15.3. The van der Waals surface area contributed by atoms with E-state index in [2.05, 4.69) is 58.3 Å². The van der Waals surface area contributed by atoms with Crippen molar-refractivity contribution in [2.75, 3.05) is 23.3 Å². The number of aromatic nitrogens is 3. The Balaban J connectivity index is 1.74. The number of aryl methyl sites for hydroxylation is 2. The molecule has 0 atom stereocenters. The minimum atomic E-state index is 0.555. The van der Waals surface area contributed by atoms with Gasteiger partial charge in [-0.15, -0.1) is 5.10 Å². The minimum absolute atomic E-state index is 0.555. The molecule has 0 bridgehead atoms. The third-order valence-corrected chi connectivity index (χ3v) is 4.42. The molecule has 5 heteroatoms. The van der Waals surface area contributed by atoms with Gasteiger partial charge in [0.05, 0.1) is 6.20 Å². The lowest BCUT2D eigenvalue weighted by Crippen LogP contribution is -2.33. The van der Waals surface area contributed by atoms with Gasteiger partial charge in [0.1, 0.15) is 0 Å². The van der Waals surface area contributed by atoms with Gasteiger partial charge in [-0.1, -0.05) is 13.0 Å². The van der Waals surface area contributed by atoms with Gasteiger partial charge >= 0.3 is 0 Å². The van der Waals surface area contributed by atoms with Crippen LogP contribution >= 0.6 is 0 Å². The van der Waals surface area contributed by atoms with Crippen molar-refractivity contribution in [2.45, 2.75) is 33.6 Å². The van der Waals surface area contributed by atoms with Gasteiger partial charge in [-0.3, -0.25) is 0 Å². The van der Waals surface area contributed by atoms with Crippen LogP contribution in [0.3, 0.4) is 0 Å². The van der Waals surface area contributed by atoms with Gasteiger partial charge in [-0.05, 0) is 55.9 Å². The number of hydrogen-bond acceptors (Lipinski definition) is 5. The standard InChI is InChI=1S/C17H23N5/c1-12-6-8-22(9-7-12)16-11-18-21-17(20-16)19-15-5-4-13(2)14(3)10-15/h4-5,10-12H,6-9H2,1-3H3,(H,19,20,21). The largest absolute Gasteiger partial charge is 0.355 e. The van der Waals surface area contributed by atoms with E-state index in [0.717, 1.165) is 30.5 Å². The summed E-state index contributed by atoms with van der Waals surface area (Å²) in [6, 6.07) is 6.25. The highest BCUT2D eigenvalue weighted by Gasteiger charge is 2.17. The summed E-state index contributed by atoms with van der Waals surface area (Å²) >= 11 is 0. The lowest BCUT2D eigenvalue weighted by molar-refractivity contribution is 0.436. The first-order valence-electron chi connectivity index (χ1n) is 7.91. The molecule has 2 heterocycles. The fourth-order valence-corrected chi connectivity index (χ4v) is 2.69. The molecule has 1 aromatic heterocycles. The maximum atomic E-state index is 4.61. The van der Waals surface area contributed by atoms with Crippen LogP contribution in [0, 0.1) is 19.8 Å². The van der Waals surface area contributed by atoms with Gasteiger partial charge in [0.2, 0.25) is 5.95 Å². The van der Waals surface area contributed by atoms with Gasteiger partial charge < -0.3 is 10.2 Å². The van der Waals surface area contributed by atoms with Gasteiger partial charge in [0.15, 0.2) is 5.82 Å². The summed E-state index contributed by atoms with van der Waals surface area (Å²) in [6.07, 6.45) is 4.18. The van der Waals surface area contributed by atoms with E-state index in [1.807, 2.05) is 6.07 Å². The van der Waals surface area contributed by atoms with E-state index in [0.29, 0.717) is 5.95 Å². The first-order valence-corrected chi connectivity index (χ1v) is 7.91. The molecule has 1 N–H and O–H groups in total. The summed E-state index contributed by atoms with van der Waals surface area (Å²) in [6.45, 7) is 8.61. The van der Waals surface area contributed by atoms with Crippen molar-refractivity contribution in [3.8, 4) is 0 Å². The Labute approximate surface area is 131 Å². The number of nitrogens with zero attached hydrogens (tertiary/aromatic N) is 4. The summed E-state index contributed by atoms with van der Waals surface area (Å²) in [5, 5.41) is 11.4. The SMILES string of the molecule is Cc1ccc(Nc2nncc(N3CCC(C)CC3)n2)cc1C. The first kappa shape index (κ1) is 14.8. The second-order valence-electron chi connectivity index (χ2n) is 6.23. The fraction of sp³-hybridized carbons (Fsp3) is 0.471. The molecule has 1 fully saturated rings. The molecule has 2 aromatic rings. The van der Waals surface area contributed by atoms with Crippen LogP contribution in [-0.4, -0.2) is 28.3 Å². The zero-order valence-electron chi connectivity index (χ0n) is 13.5. The van der Waals surface area contributed by atoms with Crippen LogP contribution in [0.1, 0.15) is 30.9 Å². The van der Waals surface area contributed by atoms with E-state index in [-0.39, 0.29) is 0 Å². The van der Waals surface area contributed by atoms with Crippen molar-refractivity contribution in [3.05, 3.63) is 35.5 Å². The number of hydrogen-bond donors (Lipinski definition) is 1. The van der Waals surface area contributed by atoms with Gasteiger partial charge in [0, 0.05) is 18.8 Å². The molecule has 0 spiro atoms. The fourth-order valence-electron chi connectivity index (χ4n) is 2.69. The van der Waals surface area contributed by atoms with Crippen molar-refractivity contribution in [2.24, 2.45) is 5.92 Å². The average Bonchev–Trinajstić information content (AvgIpc) is 2.52. The highest BCUT2D eigenvalue weighted by molar-refractivity contribution is 5.56. The van der Waals surface area contributed by atoms with Crippen LogP contribution in [0.15, 0.2) is 24.4 Å². The van der Waals surface area contributed by atoms with Crippen molar-refractivity contribution >= 4 is 17.5 Å². The Bertz CT molecular complexity index is 647. The summed E-state index contributed by atoms with van der Waals surface area (Å²) in [5.74, 6) is 2.27. The van der Waals surface area contributed by atoms with Gasteiger partial charge in [0.25, 0.3) is 0 Å². The molecule has 0 aliphatic carbocycles. The maximum Gasteiger partial charge on any atom is 0.249 e. The van der Waals surface area contributed by atoms with Crippen LogP contribution in [0.25, 0.3) is 0 Å². The topological polar surface area (TPSA) is 53.9 Å². The number of piperidine rings is 1. The molecule has 0 amide bonds. The number of rotatable bonds is 3. The van der Waals surface area contributed by atoms with E-state index in [4.69, 9.17) is 0 Å². The van der Waals surface area contributed by atoms with E-state index in [1.54, 1.807) is 6.20 Å². The van der Waals surface area contributed by atoms with E-state index in [1.165, 1.54) is 24.0 Å². The van der Waals surface area contributed by atoms with Gasteiger partial charge in [-0.2, -0.15) is 10.1 Å². The minimum Gasteiger partial charge on any atom is -0.355 e. The molecule has 1 aliphatic rings. The third-order valence-electron chi connectivity index (χ3n) is 4.42. The Morgan fingerprint density at radius 3 is 2.64 bits per heavy atom. The summed E-state index contributed by atoms with van der Waals surface area (Å²) < 4.78 is 0. The van der Waals surface area contributed by atoms with Crippen LogP contribution < -0.4 is 10.2 Å². The third kappa shape index (κ3) is 3.35. The molecular formula is C17H23N5. The monoisotopic (exact) mass is 297 g/mol. The second kappa shape index (κ2) is 6.30. The average molecular weight is 297 g/mol. The molecule has 5 nitrogen and oxygen atoms in total. The van der Waals surface area contributed by atoms with E-state index < -0.39 is 0 Å². The summed E-state index contributed by atoms with van der Waals surface area (Å²) in [5.41, 5.74) is 3.52. The maximum absolute atomic E-state index is 4.61. The van der Waals surface area contributed by atoms with Crippen molar-refractivity contribution < 1.29 is 0 Å². The zero-order valence-corrected chi connectivity index (χ0v) is 13.5. The zero-order chi connectivity index (χ0) is 15.5. The molecule has 0 unspecified atom stereocenters. The Morgan fingerprint density at radius 1 is 1.14 bits per heavy atom. The molecule has 1 aromatic carbocycles. The smallest absolute Gasteiger partial charge is 0.249 e. The summed E-state index contributed by atoms with van der Waals surface area (Å²) in [4.78, 5) is 6.90. The van der Waals surface area contributed by atoms with E-state index in [9.17, 15) is 0 Å². The molecular weight excluding hydrogens is 274 g/mol. The Hall–Kier alpha value is -2.17. The molecule has 0 radical (unpaired) electrons. The van der Waals surface area contributed by atoms with Gasteiger partial charge in [-0.25, -0.2) is 0 Å². The predicted octanol–water partition coefficient (Wildman–Crippen LogP) is 3.47. The second-order valence-corrected chi connectivity index (χ2v) is 6.23. The van der Waals surface area contributed by atoms with E-state index >= 15 is 0 Å². The molecule has 1 aliphatic heterocycles. The number of benzene rings is 1. The molecule has 0 saturated carbocycles. The van der Waals surface area contributed by atoms with Crippen molar-refractivity contribution in [1.82, 2.24) is 15.2 Å². The van der Waals surface area contributed by atoms with Crippen LogP contribution in [0.2, 0.25) is 0 Å². The quantitative estimate of drug-likeness (QED) is 0.940. The lowest BCUT2D eigenvalue weighted by Gasteiger charge is -2.30. The molecule has 1 saturated heterocycles. The highest BCUT2D eigenvalue weighted by Crippen LogP contribution is 2.22.